The summed E-state index contributed by atoms with van der Waals surface area (Å²) in [5.41, 5.74) is -0.294. The van der Waals surface area contributed by atoms with Crippen LogP contribution in [-0.2, 0) is 9.53 Å². The number of amides is 2. The maximum absolute atomic E-state index is 12.8. The number of hydrogen-bond donors (Lipinski definition) is 2. The van der Waals surface area contributed by atoms with E-state index in [2.05, 4.69) is 23.6 Å². The van der Waals surface area contributed by atoms with Gasteiger partial charge < -0.3 is 20.3 Å². The fourth-order valence-corrected chi connectivity index (χ4v) is 7.30. The normalized spacial score (nSPS) is 35.0. The van der Waals surface area contributed by atoms with E-state index in [0.29, 0.717) is 25.0 Å². The summed E-state index contributed by atoms with van der Waals surface area (Å²) in [5, 5.41) is 16.2. The molecule has 0 aromatic carbocycles. The van der Waals surface area contributed by atoms with Gasteiger partial charge in [0.15, 0.2) is 0 Å². The lowest BCUT2D eigenvalue weighted by Crippen LogP contribution is -2.69. The highest BCUT2D eigenvalue weighted by Crippen LogP contribution is 2.57. The third kappa shape index (κ3) is 5.22. The molecule has 5 atom stereocenters. The number of hydrogen-bond acceptors (Lipinski definition) is 5. The van der Waals surface area contributed by atoms with Gasteiger partial charge in [-0.2, -0.15) is 5.26 Å². The molecule has 1 heterocycles. The molecule has 3 unspecified atom stereocenters. The van der Waals surface area contributed by atoms with Crippen LogP contribution in [-0.4, -0.2) is 53.7 Å². The van der Waals surface area contributed by atoms with Gasteiger partial charge in [0.2, 0.25) is 5.91 Å². The van der Waals surface area contributed by atoms with Crippen LogP contribution in [0, 0.1) is 23.2 Å². The molecule has 1 saturated heterocycles. The molecule has 7 nitrogen and oxygen atoms in total. The van der Waals surface area contributed by atoms with Crippen molar-refractivity contribution in [2.45, 2.75) is 108 Å². The number of carbonyl (C=O) groups is 2. The summed E-state index contributed by atoms with van der Waals surface area (Å²) in [6, 6.07) is 1.99. The summed E-state index contributed by atoms with van der Waals surface area (Å²) in [6.07, 6.45) is 13.4. The average molecular weight is 445 g/mol. The van der Waals surface area contributed by atoms with Crippen LogP contribution in [0.15, 0.2) is 0 Å². The minimum absolute atomic E-state index is 0.0364. The molecule has 5 rings (SSSR count). The molecule has 178 valence electrons. The van der Waals surface area contributed by atoms with E-state index in [9.17, 15) is 14.9 Å². The van der Waals surface area contributed by atoms with Crippen molar-refractivity contribution in [3.8, 4) is 6.07 Å². The smallest absolute Gasteiger partial charge is 0.407 e. The van der Waals surface area contributed by atoms with E-state index in [1.54, 1.807) is 4.90 Å². The van der Waals surface area contributed by atoms with Crippen LogP contribution in [0.1, 0.15) is 90.4 Å². The standard InChI is InChI=1S/C25H40N4O3/c1-2-3-4-5-6-10-32-23(31)28-25-14-19-11-20(15-25)13-24(12-19,18-25)27-17-22(30)29-9-7-8-21(29)16-26/h19-21,27H,2-15,17-18H2,1H3,(H,28,31)/t19-,20?,21-,24?,25?/m0/s1. The summed E-state index contributed by atoms with van der Waals surface area (Å²) in [5.74, 6) is 1.22. The largest absolute Gasteiger partial charge is 0.450 e. The molecule has 7 heteroatoms. The summed E-state index contributed by atoms with van der Waals surface area (Å²) >= 11 is 0. The van der Waals surface area contributed by atoms with Crippen LogP contribution in [0.4, 0.5) is 4.79 Å². The van der Waals surface area contributed by atoms with E-state index in [4.69, 9.17) is 4.74 Å². The number of nitriles is 1. The van der Waals surface area contributed by atoms with Gasteiger partial charge in [-0.1, -0.05) is 32.6 Å². The number of alkyl carbamates (subject to hydrolysis) is 1. The van der Waals surface area contributed by atoms with Crippen molar-refractivity contribution in [3.63, 3.8) is 0 Å². The Kier molecular flexibility index (Phi) is 7.29. The molecule has 5 aliphatic rings. The van der Waals surface area contributed by atoms with Crippen LogP contribution >= 0.6 is 0 Å². The highest BCUT2D eigenvalue weighted by Gasteiger charge is 2.58. The quantitative estimate of drug-likeness (QED) is 0.499. The van der Waals surface area contributed by atoms with Crippen LogP contribution in [0.3, 0.4) is 0 Å². The van der Waals surface area contributed by atoms with Gasteiger partial charge in [-0.15, -0.1) is 0 Å². The molecule has 0 aromatic heterocycles. The van der Waals surface area contributed by atoms with Gasteiger partial charge in [0.1, 0.15) is 6.04 Å². The van der Waals surface area contributed by atoms with E-state index in [0.717, 1.165) is 57.8 Å². The zero-order chi connectivity index (χ0) is 22.6. The van der Waals surface area contributed by atoms with Gasteiger partial charge in [-0.05, 0) is 69.6 Å². The number of rotatable bonds is 10. The Morgan fingerprint density at radius 3 is 2.53 bits per heavy atom. The fourth-order valence-electron chi connectivity index (χ4n) is 7.30. The van der Waals surface area contributed by atoms with Gasteiger partial charge in [-0.3, -0.25) is 4.79 Å². The van der Waals surface area contributed by atoms with Crippen LogP contribution in [0.5, 0.6) is 0 Å². The first-order chi connectivity index (χ1) is 15.5. The molecule has 1 aliphatic heterocycles. The minimum atomic E-state index is -0.275. The van der Waals surface area contributed by atoms with Crippen LogP contribution in [0.25, 0.3) is 0 Å². The number of ether oxygens (including phenoxy) is 1. The second kappa shape index (κ2) is 9.99. The van der Waals surface area contributed by atoms with E-state index >= 15 is 0 Å². The molecule has 0 radical (unpaired) electrons. The first-order valence-corrected chi connectivity index (χ1v) is 12.9. The van der Waals surface area contributed by atoms with E-state index < -0.39 is 0 Å². The molecular weight excluding hydrogens is 404 g/mol. The number of carbonyl (C=O) groups excluding carboxylic acids is 2. The van der Waals surface area contributed by atoms with E-state index in [1.807, 2.05) is 0 Å². The lowest BCUT2D eigenvalue weighted by Gasteiger charge is -2.62. The lowest BCUT2D eigenvalue weighted by molar-refractivity contribution is -0.131. The number of nitrogens with one attached hydrogen (secondary N) is 2. The summed E-state index contributed by atoms with van der Waals surface area (Å²) in [6.45, 7) is 3.66. The van der Waals surface area contributed by atoms with Gasteiger partial charge in [-0.25, -0.2) is 4.79 Å². The first-order valence-electron chi connectivity index (χ1n) is 12.9. The molecule has 4 bridgehead atoms. The molecule has 5 fully saturated rings. The van der Waals surface area contributed by atoms with E-state index in [1.165, 1.54) is 25.7 Å². The molecule has 4 aliphatic carbocycles. The molecule has 4 saturated carbocycles. The Morgan fingerprint density at radius 2 is 1.81 bits per heavy atom. The number of likely N-dealkylation sites (tertiary alicyclic amines) is 1. The molecule has 2 N–H and O–H groups in total. The number of unbranched alkanes of at least 4 members (excludes halogenated alkanes) is 4. The Bertz CT molecular complexity index is 719. The maximum Gasteiger partial charge on any atom is 0.407 e. The highest BCUT2D eigenvalue weighted by molar-refractivity contribution is 5.79. The highest BCUT2D eigenvalue weighted by atomic mass is 16.5. The third-order valence-corrected chi connectivity index (χ3v) is 8.25. The predicted octanol–water partition coefficient (Wildman–Crippen LogP) is 3.88. The van der Waals surface area contributed by atoms with Crippen molar-refractivity contribution in [2.24, 2.45) is 11.8 Å². The molecule has 0 spiro atoms. The SMILES string of the molecule is CCCCCCCOC(=O)NC12CC3C[C@@H](CC(NCC(=O)N4CCC[C@H]4C#N)(C3)C1)C2. The topological polar surface area (TPSA) is 94.5 Å². The van der Waals surface area contributed by atoms with E-state index in [-0.39, 0.29) is 35.7 Å². The lowest BCUT2D eigenvalue weighted by atomic mass is 9.50. The van der Waals surface area contributed by atoms with Gasteiger partial charge in [0.25, 0.3) is 0 Å². The zero-order valence-electron chi connectivity index (χ0n) is 19.7. The van der Waals surface area contributed by atoms with Crippen molar-refractivity contribution < 1.29 is 14.3 Å². The summed E-state index contributed by atoms with van der Waals surface area (Å²) < 4.78 is 5.52. The summed E-state index contributed by atoms with van der Waals surface area (Å²) in [4.78, 5) is 27.1. The second-order valence-electron chi connectivity index (χ2n) is 10.9. The van der Waals surface area contributed by atoms with Crippen LogP contribution < -0.4 is 10.6 Å². The maximum atomic E-state index is 12.8. The fraction of sp³-hybridized carbons (Fsp3) is 0.880. The zero-order valence-corrected chi connectivity index (χ0v) is 19.7. The Morgan fingerprint density at radius 1 is 1.09 bits per heavy atom. The first kappa shape index (κ1) is 23.4. The van der Waals surface area contributed by atoms with Crippen molar-refractivity contribution >= 4 is 12.0 Å². The molecule has 0 aromatic rings. The van der Waals surface area contributed by atoms with Crippen molar-refractivity contribution in [1.29, 1.82) is 5.26 Å². The summed E-state index contributed by atoms with van der Waals surface area (Å²) in [7, 11) is 0. The average Bonchev–Trinajstić information content (AvgIpc) is 3.22. The third-order valence-electron chi connectivity index (χ3n) is 8.25. The van der Waals surface area contributed by atoms with Crippen LogP contribution in [0.2, 0.25) is 0 Å². The van der Waals surface area contributed by atoms with Gasteiger partial charge in [0.05, 0.1) is 19.2 Å². The molecule has 32 heavy (non-hydrogen) atoms. The van der Waals surface area contributed by atoms with Crippen molar-refractivity contribution in [3.05, 3.63) is 0 Å². The molecule has 2 amide bonds. The molecular formula is C25H40N4O3. The number of nitrogens with zero attached hydrogens (tertiary/aromatic N) is 2. The Balaban J connectivity index is 1.30. The Hall–Kier alpha value is -1.81. The van der Waals surface area contributed by atoms with Gasteiger partial charge >= 0.3 is 6.09 Å². The van der Waals surface area contributed by atoms with Gasteiger partial charge in [0, 0.05) is 17.6 Å². The van der Waals surface area contributed by atoms with Crippen molar-refractivity contribution in [2.75, 3.05) is 19.7 Å². The Labute approximate surface area is 192 Å². The predicted molar refractivity (Wildman–Crippen MR) is 122 cm³/mol. The minimum Gasteiger partial charge on any atom is -0.450 e. The van der Waals surface area contributed by atoms with Crippen molar-refractivity contribution in [1.82, 2.24) is 15.5 Å². The monoisotopic (exact) mass is 444 g/mol. The second-order valence-corrected chi connectivity index (χ2v) is 10.9.